The summed E-state index contributed by atoms with van der Waals surface area (Å²) in [6.07, 6.45) is -0.663. The molecule has 10 heteroatoms. The van der Waals surface area contributed by atoms with Gasteiger partial charge in [0.2, 0.25) is 10.0 Å². The molecule has 0 bridgehead atoms. The van der Waals surface area contributed by atoms with Gasteiger partial charge in [0.25, 0.3) is 0 Å². The summed E-state index contributed by atoms with van der Waals surface area (Å²) in [6, 6.07) is 11.8. The zero-order chi connectivity index (χ0) is 23.2. The number of ether oxygens (including phenoxy) is 2. The summed E-state index contributed by atoms with van der Waals surface area (Å²) in [5.74, 6) is -1.78. The molecule has 0 heterocycles. The predicted molar refractivity (Wildman–Crippen MR) is 117 cm³/mol. The van der Waals surface area contributed by atoms with Gasteiger partial charge >= 0.3 is 5.97 Å². The number of nitrogen functional groups attached to an aromatic ring is 1. The Hall–Kier alpha value is -3.11. The Morgan fingerprint density at radius 3 is 2.42 bits per heavy atom. The van der Waals surface area contributed by atoms with E-state index in [1.54, 1.807) is 20.8 Å². The van der Waals surface area contributed by atoms with Crippen molar-refractivity contribution in [3.05, 3.63) is 54.1 Å². The number of benzene rings is 2. The van der Waals surface area contributed by atoms with Crippen LogP contribution in [-0.2, 0) is 26.2 Å². The second-order valence-corrected chi connectivity index (χ2v) is 9.51. The van der Waals surface area contributed by atoms with Crippen LogP contribution in [0.3, 0.4) is 0 Å². The highest BCUT2D eigenvalue weighted by molar-refractivity contribution is 7.89. The molecule has 9 nitrogen and oxygen atoms in total. The molecule has 168 valence electrons. The molecular formula is C21H27N3O6S. The Bertz CT molecular complexity index is 1030. The van der Waals surface area contributed by atoms with Crippen LogP contribution < -0.4 is 15.2 Å². The van der Waals surface area contributed by atoms with Crippen LogP contribution in [0.1, 0.15) is 32.8 Å². The fourth-order valence-electron chi connectivity index (χ4n) is 2.61. The second kappa shape index (κ2) is 9.80. The van der Waals surface area contributed by atoms with Crippen LogP contribution in [0.5, 0.6) is 5.75 Å². The highest BCUT2D eigenvalue weighted by Crippen LogP contribution is 2.28. The van der Waals surface area contributed by atoms with Crippen LogP contribution in [0, 0.1) is 5.41 Å². The van der Waals surface area contributed by atoms with E-state index in [2.05, 4.69) is 4.72 Å². The van der Waals surface area contributed by atoms with E-state index < -0.39 is 40.0 Å². The summed E-state index contributed by atoms with van der Waals surface area (Å²) < 4.78 is 39.4. The van der Waals surface area contributed by atoms with Crippen molar-refractivity contribution < 1.29 is 27.8 Å². The monoisotopic (exact) mass is 449 g/mol. The highest BCUT2D eigenvalue weighted by Gasteiger charge is 2.30. The third-order valence-corrected chi connectivity index (χ3v) is 5.41. The highest BCUT2D eigenvalue weighted by atomic mass is 32.2. The number of sulfonamides is 1. The largest absolute Gasteiger partial charge is 0.487 e. The van der Waals surface area contributed by atoms with Crippen molar-refractivity contribution in [3.63, 3.8) is 0 Å². The van der Waals surface area contributed by atoms with E-state index in [1.165, 1.54) is 18.2 Å². The molecule has 0 spiro atoms. The fraction of sp³-hybridized carbons (Fsp3) is 0.333. The van der Waals surface area contributed by atoms with E-state index in [0.717, 1.165) is 5.56 Å². The molecule has 0 unspecified atom stereocenters. The van der Waals surface area contributed by atoms with Crippen molar-refractivity contribution >= 4 is 27.6 Å². The molecule has 1 atom stereocenters. The summed E-state index contributed by atoms with van der Waals surface area (Å²) in [7, 11) is -4.27. The van der Waals surface area contributed by atoms with Crippen LogP contribution in [0.2, 0.25) is 0 Å². The zero-order valence-electron chi connectivity index (χ0n) is 17.6. The molecule has 0 fully saturated rings. The molecule has 0 aromatic heterocycles. The lowest BCUT2D eigenvalue weighted by molar-refractivity contribution is -0.137. The Labute approximate surface area is 181 Å². The van der Waals surface area contributed by atoms with E-state index in [9.17, 15) is 18.3 Å². The van der Waals surface area contributed by atoms with Crippen molar-refractivity contribution in [2.45, 2.75) is 50.3 Å². The fourth-order valence-corrected chi connectivity index (χ4v) is 3.93. The molecule has 0 amide bonds. The van der Waals surface area contributed by atoms with Gasteiger partial charge in [0.1, 0.15) is 28.9 Å². The first kappa shape index (κ1) is 24.2. The van der Waals surface area contributed by atoms with Gasteiger partial charge in [0, 0.05) is 11.8 Å². The quantitative estimate of drug-likeness (QED) is 0.261. The molecule has 0 saturated carbocycles. The van der Waals surface area contributed by atoms with Crippen LogP contribution in [0.25, 0.3) is 0 Å². The summed E-state index contributed by atoms with van der Waals surface area (Å²) in [6.45, 7) is 5.12. The maximum absolute atomic E-state index is 13.1. The van der Waals surface area contributed by atoms with Crippen LogP contribution in [0.4, 0.5) is 5.69 Å². The van der Waals surface area contributed by atoms with Crippen molar-refractivity contribution in [2.24, 2.45) is 0 Å². The molecule has 0 aliphatic rings. The Morgan fingerprint density at radius 1 is 1.19 bits per heavy atom. The van der Waals surface area contributed by atoms with Crippen LogP contribution in [-0.4, -0.2) is 37.0 Å². The van der Waals surface area contributed by atoms with Crippen molar-refractivity contribution in [1.82, 2.24) is 4.72 Å². The van der Waals surface area contributed by atoms with Crippen LogP contribution >= 0.6 is 0 Å². The molecule has 0 aliphatic heterocycles. The second-order valence-electron chi connectivity index (χ2n) is 7.83. The Morgan fingerprint density at radius 2 is 1.84 bits per heavy atom. The summed E-state index contributed by atoms with van der Waals surface area (Å²) in [5, 5.41) is 17.2. The van der Waals surface area contributed by atoms with E-state index in [0.29, 0.717) is 5.69 Å². The molecule has 0 radical (unpaired) electrons. The summed E-state index contributed by atoms with van der Waals surface area (Å²) in [4.78, 5) is 11.0. The number of rotatable bonds is 9. The van der Waals surface area contributed by atoms with E-state index in [1.807, 2.05) is 30.3 Å². The minimum absolute atomic E-state index is 0.00805. The van der Waals surface area contributed by atoms with Gasteiger partial charge in [-0.1, -0.05) is 30.3 Å². The normalized spacial score (nSPS) is 12.7. The average Bonchev–Trinajstić information content (AvgIpc) is 2.64. The number of nitrogens with one attached hydrogen (secondary N) is 2. The maximum Gasteiger partial charge on any atom is 0.305 e. The van der Waals surface area contributed by atoms with E-state index in [4.69, 9.17) is 20.6 Å². The lowest BCUT2D eigenvalue weighted by Crippen LogP contribution is -2.45. The van der Waals surface area contributed by atoms with Gasteiger partial charge < -0.3 is 20.3 Å². The van der Waals surface area contributed by atoms with Crippen molar-refractivity contribution in [3.8, 4) is 5.75 Å². The molecule has 0 saturated heterocycles. The summed E-state index contributed by atoms with van der Waals surface area (Å²) in [5.41, 5.74) is 6.12. The van der Waals surface area contributed by atoms with Crippen molar-refractivity contribution in [2.75, 3.05) is 5.73 Å². The first-order valence-corrected chi connectivity index (χ1v) is 10.9. The number of hydrogen-bond acceptors (Lipinski definition) is 7. The number of carboxylic acids is 1. The van der Waals surface area contributed by atoms with Gasteiger partial charge in [-0.3, -0.25) is 10.2 Å². The van der Waals surface area contributed by atoms with Gasteiger partial charge in [-0.25, -0.2) is 8.42 Å². The number of carboxylic acid groups (broad SMARTS) is 1. The molecule has 2 rings (SSSR count). The number of nitrogens with two attached hydrogens (primary N) is 1. The van der Waals surface area contributed by atoms with Gasteiger partial charge in [-0.05, 0) is 38.5 Å². The van der Waals surface area contributed by atoms with Crippen molar-refractivity contribution in [1.29, 1.82) is 5.41 Å². The number of anilines is 1. The first-order valence-electron chi connectivity index (χ1n) is 9.45. The number of hydrogen-bond donors (Lipinski definition) is 4. The predicted octanol–water partition coefficient (Wildman–Crippen LogP) is 2.76. The first-order chi connectivity index (χ1) is 14.4. The van der Waals surface area contributed by atoms with Gasteiger partial charge in [-0.15, -0.1) is 0 Å². The smallest absolute Gasteiger partial charge is 0.305 e. The lowest BCUT2D eigenvalue weighted by Gasteiger charge is -2.26. The Kier molecular flexibility index (Phi) is 7.64. The van der Waals surface area contributed by atoms with Gasteiger partial charge in [0.05, 0.1) is 6.42 Å². The van der Waals surface area contributed by atoms with E-state index >= 15 is 0 Å². The molecule has 5 N–H and O–H groups in total. The summed E-state index contributed by atoms with van der Waals surface area (Å²) >= 11 is 0. The van der Waals surface area contributed by atoms with E-state index in [-0.39, 0.29) is 17.3 Å². The number of carbonyl (C=O) groups is 1. The molecule has 0 aliphatic carbocycles. The third kappa shape index (κ3) is 7.58. The Balaban J connectivity index is 2.31. The zero-order valence-corrected chi connectivity index (χ0v) is 18.4. The maximum atomic E-state index is 13.1. The lowest BCUT2D eigenvalue weighted by atomic mass is 10.1. The molecule has 2 aromatic carbocycles. The molecule has 31 heavy (non-hydrogen) atoms. The minimum atomic E-state index is -4.27. The number of aliphatic carboxylic acids is 1. The average molecular weight is 450 g/mol. The topological polar surface area (TPSA) is 152 Å². The van der Waals surface area contributed by atoms with Gasteiger partial charge in [0.15, 0.2) is 5.90 Å². The minimum Gasteiger partial charge on any atom is -0.487 e. The molecule has 2 aromatic rings. The molecular weight excluding hydrogens is 422 g/mol. The van der Waals surface area contributed by atoms with Crippen LogP contribution in [0.15, 0.2) is 53.4 Å². The standard InChI is InChI=1S/C21H27N3O6S/c1-21(2,3)30-20(23)16(12-19(25)26)24-31(27,28)18-10-9-15(22)11-17(18)29-13-14-7-5-4-6-8-14/h4-11,16,23-24H,12-13,22H2,1-3H3,(H,25,26)/t16-/m0/s1. The third-order valence-electron chi connectivity index (χ3n) is 3.90. The SMILES string of the molecule is CC(C)(C)OC(=N)[C@H](CC(=O)O)NS(=O)(=O)c1ccc(N)cc1OCc1ccccc1. The van der Waals surface area contributed by atoms with Gasteiger partial charge in [-0.2, -0.15) is 4.72 Å².